The molecule has 0 atom stereocenters. The summed E-state index contributed by atoms with van der Waals surface area (Å²) in [5, 5.41) is 6.28. The fourth-order valence-electron chi connectivity index (χ4n) is 2.89. The Morgan fingerprint density at radius 1 is 1.35 bits per heavy atom. The summed E-state index contributed by atoms with van der Waals surface area (Å²) in [4.78, 5) is 16.4. The maximum Gasteiger partial charge on any atom is 0.253 e. The first-order valence-corrected chi connectivity index (χ1v) is 7.61. The third-order valence-corrected chi connectivity index (χ3v) is 4.17. The second-order valence-electron chi connectivity index (χ2n) is 6.01. The van der Waals surface area contributed by atoms with Gasteiger partial charge in [-0.1, -0.05) is 26.2 Å². The third kappa shape index (κ3) is 3.71. The quantitative estimate of drug-likeness (QED) is 0.867. The first-order chi connectivity index (χ1) is 9.64. The van der Waals surface area contributed by atoms with Crippen molar-refractivity contribution in [1.82, 2.24) is 10.3 Å². The molecule has 2 N–H and O–H groups in total. The normalized spacial score (nSPS) is 17.5. The Balaban J connectivity index is 1.98. The molecule has 1 amide bonds. The van der Waals surface area contributed by atoms with Crippen LogP contribution in [0, 0.1) is 5.41 Å². The summed E-state index contributed by atoms with van der Waals surface area (Å²) in [6.45, 7) is 5.84. The number of carbonyl (C=O) groups is 1. The summed E-state index contributed by atoms with van der Waals surface area (Å²) in [5.74, 6) is -0.00449. The van der Waals surface area contributed by atoms with Crippen LogP contribution in [0.4, 0.5) is 5.69 Å². The molecule has 0 spiro atoms. The molecule has 1 heterocycles. The molecule has 0 radical (unpaired) electrons. The van der Waals surface area contributed by atoms with E-state index in [1.807, 2.05) is 6.92 Å². The van der Waals surface area contributed by atoms with E-state index in [-0.39, 0.29) is 11.3 Å². The van der Waals surface area contributed by atoms with Gasteiger partial charge in [0.1, 0.15) is 0 Å². The molecule has 1 saturated carbocycles. The van der Waals surface area contributed by atoms with Crippen molar-refractivity contribution in [1.29, 1.82) is 0 Å². The van der Waals surface area contributed by atoms with Gasteiger partial charge < -0.3 is 10.6 Å². The molecule has 1 fully saturated rings. The Labute approximate surface area is 121 Å². The predicted molar refractivity (Wildman–Crippen MR) is 81.9 cm³/mol. The predicted octanol–water partition coefficient (Wildman–Crippen LogP) is 3.21. The van der Waals surface area contributed by atoms with E-state index in [0.717, 1.165) is 18.8 Å². The number of anilines is 1. The smallest absolute Gasteiger partial charge is 0.253 e. The van der Waals surface area contributed by atoms with Gasteiger partial charge in [-0.25, -0.2) is 0 Å². The molecular formula is C16H25N3O. The summed E-state index contributed by atoms with van der Waals surface area (Å²) in [7, 11) is 0. The SMILES string of the molecule is CCNc1cnccc1C(=O)NCC1(C)CCCCC1. The van der Waals surface area contributed by atoms with Crippen molar-refractivity contribution in [2.24, 2.45) is 5.41 Å². The zero-order chi connectivity index (χ0) is 14.4. The van der Waals surface area contributed by atoms with Crippen molar-refractivity contribution in [2.75, 3.05) is 18.4 Å². The van der Waals surface area contributed by atoms with Crippen LogP contribution in [0.15, 0.2) is 18.5 Å². The van der Waals surface area contributed by atoms with Gasteiger partial charge in [-0.05, 0) is 31.2 Å². The molecule has 1 aliphatic carbocycles. The zero-order valence-electron chi connectivity index (χ0n) is 12.5. The highest BCUT2D eigenvalue weighted by atomic mass is 16.1. The molecule has 0 saturated heterocycles. The summed E-state index contributed by atoms with van der Waals surface area (Å²) in [5.41, 5.74) is 1.75. The summed E-state index contributed by atoms with van der Waals surface area (Å²) >= 11 is 0. The molecule has 0 unspecified atom stereocenters. The monoisotopic (exact) mass is 275 g/mol. The fraction of sp³-hybridized carbons (Fsp3) is 0.625. The van der Waals surface area contributed by atoms with Crippen molar-refractivity contribution in [2.45, 2.75) is 46.0 Å². The van der Waals surface area contributed by atoms with Gasteiger partial charge >= 0.3 is 0 Å². The third-order valence-electron chi connectivity index (χ3n) is 4.17. The number of hydrogen-bond acceptors (Lipinski definition) is 3. The lowest BCUT2D eigenvalue weighted by Gasteiger charge is -2.33. The second-order valence-corrected chi connectivity index (χ2v) is 6.01. The molecule has 1 aromatic heterocycles. The largest absolute Gasteiger partial charge is 0.383 e. The van der Waals surface area contributed by atoms with Crippen LogP contribution in [0.1, 0.15) is 56.3 Å². The van der Waals surface area contributed by atoms with Gasteiger partial charge in [0, 0.05) is 19.3 Å². The number of pyridine rings is 1. The number of nitrogens with one attached hydrogen (secondary N) is 2. The minimum atomic E-state index is -0.00449. The van der Waals surface area contributed by atoms with E-state index >= 15 is 0 Å². The molecule has 110 valence electrons. The average molecular weight is 275 g/mol. The van der Waals surface area contributed by atoms with Gasteiger partial charge in [0.15, 0.2) is 0 Å². The van der Waals surface area contributed by atoms with Gasteiger partial charge in [0.25, 0.3) is 5.91 Å². The minimum Gasteiger partial charge on any atom is -0.383 e. The molecule has 20 heavy (non-hydrogen) atoms. The first kappa shape index (κ1) is 14.8. The molecule has 4 heteroatoms. The number of carbonyl (C=O) groups excluding carboxylic acids is 1. The highest BCUT2D eigenvalue weighted by Crippen LogP contribution is 2.35. The van der Waals surface area contributed by atoms with E-state index in [1.54, 1.807) is 18.5 Å². The number of aromatic nitrogens is 1. The van der Waals surface area contributed by atoms with E-state index in [2.05, 4.69) is 22.5 Å². The van der Waals surface area contributed by atoms with Crippen LogP contribution in [0.2, 0.25) is 0 Å². The highest BCUT2D eigenvalue weighted by Gasteiger charge is 2.27. The van der Waals surface area contributed by atoms with Gasteiger partial charge in [0.2, 0.25) is 0 Å². The van der Waals surface area contributed by atoms with Crippen LogP contribution in [0.5, 0.6) is 0 Å². The first-order valence-electron chi connectivity index (χ1n) is 7.61. The van der Waals surface area contributed by atoms with Crippen LogP contribution in [0.3, 0.4) is 0 Å². The van der Waals surface area contributed by atoms with Crippen molar-refractivity contribution >= 4 is 11.6 Å². The lowest BCUT2D eigenvalue weighted by molar-refractivity contribution is 0.0920. The Bertz CT molecular complexity index is 453. The molecule has 0 bridgehead atoms. The summed E-state index contributed by atoms with van der Waals surface area (Å²) in [6.07, 6.45) is 9.69. The summed E-state index contributed by atoms with van der Waals surface area (Å²) in [6, 6.07) is 1.77. The van der Waals surface area contributed by atoms with Crippen molar-refractivity contribution in [3.8, 4) is 0 Å². The number of amides is 1. The molecular weight excluding hydrogens is 250 g/mol. The van der Waals surface area contributed by atoms with Gasteiger partial charge in [-0.2, -0.15) is 0 Å². The fourth-order valence-corrected chi connectivity index (χ4v) is 2.89. The van der Waals surface area contributed by atoms with Crippen LogP contribution >= 0.6 is 0 Å². The molecule has 0 aromatic carbocycles. The lowest BCUT2D eigenvalue weighted by Crippen LogP contribution is -2.37. The lowest BCUT2D eigenvalue weighted by atomic mass is 9.76. The van der Waals surface area contributed by atoms with Crippen molar-refractivity contribution in [3.05, 3.63) is 24.0 Å². The zero-order valence-corrected chi connectivity index (χ0v) is 12.5. The number of hydrogen-bond donors (Lipinski definition) is 2. The molecule has 1 aliphatic rings. The maximum atomic E-state index is 12.3. The molecule has 1 aromatic rings. The number of nitrogens with zero attached hydrogens (tertiary/aromatic N) is 1. The second kappa shape index (κ2) is 6.73. The maximum absolute atomic E-state index is 12.3. The van der Waals surface area contributed by atoms with Crippen molar-refractivity contribution < 1.29 is 4.79 Å². The Hall–Kier alpha value is -1.58. The van der Waals surface area contributed by atoms with Gasteiger partial charge in [-0.15, -0.1) is 0 Å². The minimum absolute atomic E-state index is 0.00449. The standard InChI is InChI=1S/C16H25N3O/c1-3-18-14-11-17-10-7-13(14)15(20)19-12-16(2)8-5-4-6-9-16/h7,10-11,18H,3-6,8-9,12H2,1-2H3,(H,19,20). The molecule has 2 rings (SSSR count). The van der Waals surface area contributed by atoms with Crippen molar-refractivity contribution in [3.63, 3.8) is 0 Å². The van der Waals surface area contributed by atoms with Crippen LogP contribution in [0.25, 0.3) is 0 Å². The Morgan fingerprint density at radius 2 is 2.10 bits per heavy atom. The van der Waals surface area contributed by atoms with Gasteiger partial charge in [-0.3, -0.25) is 9.78 Å². The van der Waals surface area contributed by atoms with E-state index in [9.17, 15) is 4.79 Å². The summed E-state index contributed by atoms with van der Waals surface area (Å²) < 4.78 is 0. The van der Waals surface area contributed by atoms with E-state index < -0.39 is 0 Å². The van der Waals surface area contributed by atoms with E-state index in [0.29, 0.717) is 5.56 Å². The van der Waals surface area contributed by atoms with Crippen LogP contribution < -0.4 is 10.6 Å². The average Bonchev–Trinajstić information content (AvgIpc) is 2.47. The molecule has 4 nitrogen and oxygen atoms in total. The highest BCUT2D eigenvalue weighted by molar-refractivity contribution is 5.99. The van der Waals surface area contributed by atoms with E-state index in [1.165, 1.54) is 32.1 Å². The Morgan fingerprint density at radius 3 is 2.80 bits per heavy atom. The van der Waals surface area contributed by atoms with Gasteiger partial charge in [0.05, 0.1) is 17.4 Å². The molecule has 0 aliphatic heterocycles. The van der Waals surface area contributed by atoms with E-state index in [4.69, 9.17) is 0 Å². The topological polar surface area (TPSA) is 54.0 Å². The number of rotatable bonds is 5. The van der Waals surface area contributed by atoms with Crippen LogP contribution in [-0.2, 0) is 0 Å². The van der Waals surface area contributed by atoms with Crippen LogP contribution in [-0.4, -0.2) is 24.0 Å². The Kier molecular flexibility index (Phi) is 4.99.